The Morgan fingerprint density at radius 3 is 3.07 bits per heavy atom. The van der Waals surface area contributed by atoms with Crippen LogP contribution in [0.25, 0.3) is 0 Å². The fraction of sp³-hybridized carbons (Fsp3) is 0.111. The van der Waals surface area contributed by atoms with Crippen LogP contribution in [0.2, 0.25) is 0 Å². The van der Waals surface area contributed by atoms with Gasteiger partial charge in [0.2, 0.25) is 5.96 Å². The number of aromatic amines is 1. The zero-order valence-corrected chi connectivity index (χ0v) is 7.78. The molecule has 0 unspecified atom stereocenters. The average Bonchev–Trinajstić information content (AvgIpc) is 2.43. The van der Waals surface area contributed by atoms with Crippen LogP contribution in [0.4, 0.5) is 5.82 Å². The van der Waals surface area contributed by atoms with Crippen molar-refractivity contribution in [3.05, 3.63) is 36.3 Å². The second kappa shape index (κ2) is 3.78. The lowest BCUT2D eigenvalue weighted by molar-refractivity contribution is 1.05. The summed E-state index contributed by atoms with van der Waals surface area (Å²) in [6, 6.07) is 1.91. The fourth-order valence-corrected chi connectivity index (χ4v) is 1.06. The van der Waals surface area contributed by atoms with Gasteiger partial charge < -0.3 is 10.6 Å². The molecule has 5 nitrogen and oxygen atoms in total. The predicted octanol–water partition coefficient (Wildman–Crippen LogP) is 1.12. The van der Waals surface area contributed by atoms with E-state index < -0.39 is 0 Å². The Balaban J connectivity index is 2.07. The zero-order chi connectivity index (χ0) is 9.80. The number of H-pyrrole nitrogens is 1. The first kappa shape index (κ1) is 8.55. The van der Waals surface area contributed by atoms with Crippen molar-refractivity contribution >= 4 is 11.8 Å². The maximum Gasteiger partial charge on any atom is 0.205 e. The number of hydrogen-bond donors (Lipinski definition) is 3. The number of rotatable bonds is 1. The molecule has 0 fully saturated rings. The summed E-state index contributed by atoms with van der Waals surface area (Å²) in [4.78, 5) is 4.13. The molecule has 1 aromatic heterocycles. The van der Waals surface area contributed by atoms with Crippen LogP contribution in [0, 0.1) is 6.92 Å². The second-order valence-electron chi connectivity index (χ2n) is 2.88. The quantitative estimate of drug-likeness (QED) is 0.620. The second-order valence-corrected chi connectivity index (χ2v) is 2.88. The molecule has 2 rings (SSSR count). The van der Waals surface area contributed by atoms with E-state index in [1.54, 1.807) is 12.4 Å². The van der Waals surface area contributed by atoms with Crippen molar-refractivity contribution in [2.75, 3.05) is 5.32 Å². The maximum absolute atomic E-state index is 4.13. The molecule has 0 aliphatic carbocycles. The van der Waals surface area contributed by atoms with Gasteiger partial charge in [-0.2, -0.15) is 5.10 Å². The summed E-state index contributed by atoms with van der Waals surface area (Å²) in [7, 11) is 0. The standard InChI is InChI=1S/C9H11N5/c1-7-6-8(14-13-7)12-9-10-4-2-3-5-11-9/h2-6H,1H3,(H3,10,11,12,13,14). The third-order valence-corrected chi connectivity index (χ3v) is 1.67. The number of nitrogens with one attached hydrogen (secondary N) is 3. The Labute approximate surface area is 81.6 Å². The lowest BCUT2D eigenvalue weighted by Crippen LogP contribution is -2.25. The molecule has 0 atom stereocenters. The maximum atomic E-state index is 4.13. The average molecular weight is 189 g/mol. The summed E-state index contributed by atoms with van der Waals surface area (Å²) in [5.41, 5.74) is 1.01. The van der Waals surface area contributed by atoms with Crippen LogP contribution in [0.3, 0.4) is 0 Å². The number of anilines is 1. The van der Waals surface area contributed by atoms with Gasteiger partial charge in [-0.05, 0) is 19.1 Å². The molecule has 0 amide bonds. The van der Waals surface area contributed by atoms with Crippen LogP contribution in [0.5, 0.6) is 0 Å². The molecular weight excluding hydrogens is 178 g/mol. The first-order valence-electron chi connectivity index (χ1n) is 4.30. The number of nitrogens with zero attached hydrogens (tertiary/aromatic N) is 2. The van der Waals surface area contributed by atoms with Crippen LogP contribution in [-0.4, -0.2) is 16.2 Å². The first-order valence-corrected chi connectivity index (χ1v) is 4.30. The Bertz CT molecular complexity index is 399. The van der Waals surface area contributed by atoms with Gasteiger partial charge in [-0.25, -0.2) is 4.99 Å². The molecular formula is C9H11N5. The van der Waals surface area contributed by atoms with Gasteiger partial charge in [0.15, 0.2) is 5.82 Å². The summed E-state index contributed by atoms with van der Waals surface area (Å²) < 4.78 is 0. The van der Waals surface area contributed by atoms with Crippen molar-refractivity contribution in [3.63, 3.8) is 0 Å². The largest absolute Gasteiger partial charge is 0.332 e. The van der Waals surface area contributed by atoms with Gasteiger partial charge in [-0.1, -0.05) is 0 Å². The number of aliphatic imine (C=N–C) groups is 1. The number of aromatic nitrogens is 2. The van der Waals surface area contributed by atoms with Gasteiger partial charge >= 0.3 is 0 Å². The number of aryl methyl sites for hydroxylation is 1. The molecule has 0 aromatic carbocycles. The van der Waals surface area contributed by atoms with Gasteiger partial charge in [0.1, 0.15) is 0 Å². The summed E-state index contributed by atoms with van der Waals surface area (Å²) in [6.45, 7) is 1.94. The lowest BCUT2D eigenvalue weighted by Gasteiger charge is -2.03. The zero-order valence-electron chi connectivity index (χ0n) is 7.78. The molecule has 0 radical (unpaired) electrons. The van der Waals surface area contributed by atoms with Crippen LogP contribution >= 0.6 is 0 Å². The fourth-order valence-electron chi connectivity index (χ4n) is 1.06. The van der Waals surface area contributed by atoms with Crippen LogP contribution in [0.1, 0.15) is 5.69 Å². The van der Waals surface area contributed by atoms with E-state index in [1.165, 1.54) is 0 Å². The van der Waals surface area contributed by atoms with Crippen molar-refractivity contribution in [1.82, 2.24) is 15.5 Å². The third kappa shape index (κ3) is 2.01. The van der Waals surface area contributed by atoms with E-state index in [2.05, 4.69) is 25.8 Å². The Kier molecular flexibility index (Phi) is 2.31. The highest BCUT2D eigenvalue weighted by Gasteiger charge is 2.00. The van der Waals surface area contributed by atoms with Crippen LogP contribution in [0.15, 0.2) is 35.6 Å². The van der Waals surface area contributed by atoms with Gasteiger partial charge in [0.05, 0.1) is 0 Å². The molecule has 3 N–H and O–H groups in total. The Morgan fingerprint density at radius 2 is 2.29 bits per heavy atom. The summed E-state index contributed by atoms with van der Waals surface area (Å²) in [5.74, 6) is 1.40. The van der Waals surface area contributed by atoms with Crippen molar-refractivity contribution in [2.45, 2.75) is 6.92 Å². The van der Waals surface area contributed by atoms with E-state index >= 15 is 0 Å². The number of allylic oxidation sites excluding steroid dienone is 2. The highest BCUT2D eigenvalue weighted by atomic mass is 15.2. The molecule has 1 aliphatic rings. The third-order valence-electron chi connectivity index (χ3n) is 1.67. The van der Waals surface area contributed by atoms with E-state index in [1.807, 2.05) is 25.1 Å². The Morgan fingerprint density at radius 1 is 1.36 bits per heavy atom. The number of hydrogen-bond acceptors (Lipinski definition) is 4. The van der Waals surface area contributed by atoms with Gasteiger partial charge in [-0.15, -0.1) is 0 Å². The molecule has 0 saturated carbocycles. The monoisotopic (exact) mass is 189 g/mol. The smallest absolute Gasteiger partial charge is 0.205 e. The summed E-state index contributed by atoms with van der Waals surface area (Å²) >= 11 is 0. The van der Waals surface area contributed by atoms with Crippen molar-refractivity contribution in [1.29, 1.82) is 0 Å². The molecule has 0 saturated heterocycles. The normalized spacial score (nSPS) is 14.5. The highest BCUT2D eigenvalue weighted by molar-refractivity contribution is 5.94. The van der Waals surface area contributed by atoms with E-state index in [0.29, 0.717) is 5.96 Å². The van der Waals surface area contributed by atoms with Gasteiger partial charge in [-0.3, -0.25) is 5.10 Å². The van der Waals surface area contributed by atoms with E-state index in [-0.39, 0.29) is 0 Å². The summed E-state index contributed by atoms with van der Waals surface area (Å²) in [6.07, 6.45) is 7.22. The first-order chi connectivity index (χ1) is 6.84. The molecule has 0 bridgehead atoms. The Hall–Kier alpha value is -2.04. The topological polar surface area (TPSA) is 65.1 Å². The van der Waals surface area contributed by atoms with Crippen molar-refractivity contribution in [2.24, 2.45) is 4.99 Å². The minimum Gasteiger partial charge on any atom is -0.332 e. The molecule has 2 heterocycles. The number of guanidine groups is 1. The highest BCUT2D eigenvalue weighted by Crippen LogP contribution is 2.03. The van der Waals surface area contributed by atoms with Crippen LogP contribution in [-0.2, 0) is 0 Å². The molecule has 14 heavy (non-hydrogen) atoms. The van der Waals surface area contributed by atoms with E-state index in [4.69, 9.17) is 0 Å². The molecule has 1 aliphatic heterocycles. The SMILES string of the molecule is Cc1cc(NC2=NC=CC=CN2)n[nH]1. The molecule has 1 aromatic rings. The van der Waals surface area contributed by atoms with Gasteiger partial charge in [0, 0.05) is 24.2 Å². The minimum absolute atomic E-state index is 0.654. The molecule has 72 valence electrons. The molecule has 0 spiro atoms. The lowest BCUT2D eigenvalue weighted by atomic mass is 10.5. The van der Waals surface area contributed by atoms with Crippen molar-refractivity contribution < 1.29 is 0 Å². The van der Waals surface area contributed by atoms with Crippen LogP contribution < -0.4 is 10.6 Å². The van der Waals surface area contributed by atoms with Gasteiger partial charge in [0.25, 0.3) is 0 Å². The predicted molar refractivity (Wildman–Crippen MR) is 55.8 cm³/mol. The minimum atomic E-state index is 0.654. The summed E-state index contributed by atoms with van der Waals surface area (Å²) in [5, 5.41) is 12.9. The van der Waals surface area contributed by atoms with E-state index in [0.717, 1.165) is 11.5 Å². The van der Waals surface area contributed by atoms with E-state index in [9.17, 15) is 0 Å². The van der Waals surface area contributed by atoms with Crippen molar-refractivity contribution in [3.8, 4) is 0 Å². The molecule has 5 heteroatoms.